The Morgan fingerprint density at radius 1 is 1.47 bits per heavy atom. The summed E-state index contributed by atoms with van der Waals surface area (Å²) < 4.78 is 6.93. The number of hydrogen-bond acceptors (Lipinski definition) is 3. The van der Waals surface area contributed by atoms with Crippen LogP contribution in [0.5, 0.6) is 5.75 Å². The summed E-state index contributed by atoms with van der Waals surface area (Å²) in [5.74, 6) is 0.781. The van der Waals surface area contributed by atoms with Crippen LogP contribution in [-0.4, -0.2) is 24.6 Å². The Kier molecular flexibility index (Phi) is 2.37. The predicted octanol–water partition coefficient (Wildman–Crippen LogP) is 1.33. The lowest BCUT2D eigenvalue weighted by Crippen LogP contribution is -2.25. The number of benzene rings is 1. The monoisotopic (exact) mass is 230 g/mol. The molecule has 4 heteroatoms. The Labute approximate surface area is 99.2 Å². The van der Waals surface area contributed by atoms with Gasteiger partial charge >= 0.3 is 0 Å². The van der Waals surface area contributed by atoms with Crippen molar-refractivity contribution in [2.45, 2.75) is 13.0 Å². The van der Waals surface area contributed by atoms with Crippen LogP contribution in [0.2, 0.25) is 0 Å². The molecule has 0 saturated carbocycles. The molecule has 17 heavy (non-hydrogen) atoms. The molecule has 2 heterocycles. The van der Waals surface area contributed by atoms with E-state index >= 15 is 0 Å². The fourth-order valence-electron chi connectivity index (χ4n) is 2.55. The fraction of sp³-hybridized carbons (Fsp3) is 0.308. The van der Waals surface area contributed by atoms with Crippen molar-refractivity contribution in [2.75, 3.05) is 13.7 Å². The van der Waals surface area contributed by atoms with Crippen LogP contribution in [0.3, 0.4) is 0 Å². The first-order valence-corrected chi connectivity index (χ1v) is 5.71. The third-order valence-corrected chi connectivity index (χ3v) is 3.38. The van der Waals surface area contributed by atoms with Gasteiger partial charge in [0, 0.05) is 23.7 Å². The van der Waals surface area contributed by atoms with Crippen LogP contribution >= 0.6 is 0 Å². The third-order valence-electron chi connectivity index (χ3n) is 3.38. The van der Waals surface area contributed by atoms with Crippen LogP contribution in [0.1, 0.15) is 11.3 Å². The molecular weight excluding hydrogens is 216 g/mol. The molecule has 0 spiro atoms. The van der Waals surface area contributed by atoms with Crippen molar-refractivity contribution in [3.63, 3.8) is 0 Å². The van der Waals surface area contributed by atoms with E-state index in [-0.39, 0.29) is 0 Å². The highest BCUT2D eigenvalue weighted by Crippen LogP contribution is 2.30. The highest BCUT2D eigenvalue weighted by Gasteiger charge is 2.19. The number of hydrogen-bond donors (Lipinski definition) is 1. The topological polar surface area (TPSA) is 43.3 Å². The summed E-state index contributed by atoms with van der Waals surface area (Å²) in [6.45, 7) is 1.72. The van der Waals surface area contributed by atoms with E-state index in [0.29, 0.717) is 0 Å². The minimum absolute atomic E-state index is 0.755. The summed E-state index contributed by atoms with van der Waals surface area (Å²) in [5.41, 5.74) is 3.30. The van der Waals surface area contributed by atoms with Gasteiger partial charge in [-0.2, -0.15) is 0 Å². The number of aromatic nitrogens is 1. The van der Waals surface area contributed by atoms with Crippen molar-refractivity contribution < 1.29 is 9.53 Å². The Hall–Kier alpha value is -1.81. The Balaban J connectivity index is 2.34. The normalized spacial score (nSPS) is 14.6. The van der Waals surface area contributed by atoms with Gasteiger partial charge in [-0.15, -0.1) is 0 Å². The summed E-state index contributed by atoms with van der Waals surface area (Å²) in [6, 6.07) is 5.90. The van der Waals surface area contributed by atoms with Gasteiger partial charge in [-0.05, 0) is 30.7 Å². The zero-order valence-corrected chi connectivity index (χ0v) is 9.69. The molecule has 0 atom stereocenters. The molecule has 4 nitrogen and oxygen atoms in total. The molecule has 88 valence electrons. The number of methoxy groups -OCH3 is 1. The van der Waals surface area contributed by atoms with Crippen LogP contribution in [0.25, 0.3) is 10.9 Å². The number of fused-ring (bicyclic) bond motifs is 3. The molecule has 0 fully saturated rings. The van der Waals surface area contributed by atoms with E-state index in [1.807, 2.05) is 18.2 Å². The number of ether oxygens (including phenoxy) is 1. The number of nitrogens with zero attached hydrogens (tertiary/aromatic N) is 1. The van der Waals surface area contributed by atoms with E-state index in [1.165, 1.54) is 5.56 Å². The summed E-state index contributed by atoms with van der Waals surface area (Å²) in [6.07, 6.45) is 1.85. The highest BCUT2D eigenvalue weighted by atomic mass is 16.5. The third kappa shape index (κ3) is 1.45. The van der Waals surface area contributed by atoms with Gasteiger partial charge < -0.3 is 10.1 Å². The van der Waals surface area contributed by atoms with Crippen molar-refractivity contribution in [1.29, 1.82) is 0 Å². The van der Waals surface area contributed by atoms with Gasteiger partial charge in [-0.1, -0.05) is 0 Å². The van der Waals surface area contributed by atoms with E-state index in [4.69, 9.17) is 4.74 Å². The first kappa shape index (κ1) is 10.4. The quantitative estimate of drug-likeness (QED) is 0.792. The van der Waals surface area contributed by atoms with Gasteiger partial charge in [0.25, 0.3) is 0 Å². The van der Waals surface area contributed by atoms with E-state index in [9.17, 15) is 4.79 Å². The van der Waals surface area contributed by atoms with Crippen LogP contribution in [0.4, 0.5) is 0 Å². The minimum atomic E-state index is 0.755. The lowest BCUT2D eigenvalue weighted by Gasteiger charge is -2.14. The van der Waals surface area contributed by atoms with Gasteiger partial charge in [0.05, 0.1) is 12.6 Å². The molecule has 3 rings (SSSR count). The molecule has 1 N–H and O–H groups in total. The lowest BCUT2D eigenvalue weighted by molar-refractivity contribution is 0.415. The zero-order chi connectivity index (χ0) is 11.8. The SMILES string of the molecule is COc1ccc2c3c(n(C=O)c2c1)CNCC3. The standard InChI is InChI=1S/C13H14N2O2/c1-17-9-2-3-10-11-4-5-14-7-13(11)15(8-16)12(10)6-9/h2-3,6,8,14H,4-5,7H2,1H3. The summed E-state index contributed by atoms with van der Waals surface area (Å²) in [5, 5.41) is 4.46. The van der Waals surface area contributed by atoms with Gasteiger partial charge in [0.2, 0.25) is 6.41 Å². The van der Waals surface area contributed by atoms with Gasteiger partial charge in [-0.3, -0.25) is 9.36 Å². The molecule has 0 amide bonds. The molecule has 0 bridgehead atoms. The second-order valence-corrected chi connectivity index (χ2v) is 4.21. The van der Waals surface area contributed by atoms with Crippen LogP contribution < -0.4 is 10.1 Å². The maximum atomic E-state index is 11.2. The van der Waals surface area contributed by atoms with E-state index in [0.717, 1.165) is 48.3 Å². The van der Waals surface area contributed by atoms with Crippen molar-refractivity contribution in [2.24, 2.45) is 0 Å². The molecule has 1 aliphatic rings. The van der Waals surface area contributed by atoms with Crippen molar-refractivity contribution >= 4 is 17.3 Å². The smallest absolute Gasteiger partial charge is 0.218 e. The first-order valence-electron chi connectivity index (χ1n) is 5.71. The molecule has 2 aromatic rings. The predicted molar refractivity (Wildman–Crippen MR) is 66.0 cm³/mol. The Morgan fingerprint density at radius 2 is 2.35 bits per heavy atom. The molecular formula is C13H14N2O2. The second-order valence-electron chi connectivity index (χ2n) is 4.21. The van der Waals surface area contributed by atoms with Crippen molar-refractivity contribution in [3.8, 4) is 5.75 Å². The van der Waals surface area contributed by atoms with Crippen molar-refractivity contribution in [1.82, 2.24) is 9.88 Å². The molecule has 0 unspecified atom stereocenters. The summed E-state index contributed by atoms with van der Waals surface area (Å²) >= 11 is 0. The van der Waals surface area contributed by atoms with Gasteiger partial charge in [0.15, 0.2) is 0 Å². The highest BCUT2D eigenvalue weighted by molar-refractivity contribution is 5.91. The molecule has 1 aliphatic heterocycles. The van der Waals surface area contributed by atoms with Gasteiger partial charge in [-0.25, -0.2) is 0 Å². The number of carbonyl (C=O) groups is 1. The largest absolute Gasteiger partial charge is 0.497 e. The maximum Gasteiger partial charge on any atom is 0.218 e. The average molecular weight is 230 g/mol. The molecule has 1 aromatic heterocycles. The van der Waals surface area contributed by atoms with Crippen LogP contribution in [-0.2, 0) is 17.8 Å². The summed E-state index contributed by atoms with van der Waals surface area (Å²) in [4.78, 5) is 11.2. The second kappa shape index (κ2) is 3.89. The minimum Gasteiger partial charge on any atom is -0.497 e. The number of carbonyl (C=O) groups excluding carboxylic acids is 1. The van der Waals surface area contributed by atoms with Gasteiger partial charge in [0.1, 0.15) is 5.75 Å². The van der Waals surface area contributed by atoms with Crippen molar-refractivity contribution in [3.05, 3.63) is 29.5 Å². The Morgan fingerprint density at radius 3 is 3.12 bits per heavy atom. The zero-order valence-electron chi connectivity index (χ0n) is 9.69. The van der Waals surface area contributed by atoms with Crippen LogP contribution in [0.15, 0.2) is 18.2 Å². The maximum absolute atomic E-state index is 11.2. The molecule has 0 aliphatic carbocycles. The number of rotatable bonds is 2. The molecule has 0 saturated heterocycles. The average Bonchev–Trinajstić information content (AvgIpc) is 2.71. The number of nitrogens with one attached hydrogen (secondary N) is 1. The lowest BCUT2D eigenvalue weighted by atomic mass is 10.0. The van der Waals surface area contributed by atoms with E-state index in [2.05, 4.69) is 5.32 Å². The Bertz CT molecular complexity index is 587. The molecule has 0 radical (unpaired) electrons. The van der Waals surface area contributed by atoms with Crippen LogP contribution in [0, 0.1) is 0 Å². The fourth-order valence-corrected chi connectivity index (χ4v) is 2.55. The van der Waals surface area contributed by atoms with E-state index in [1.54, 1.807) is 11.7 Å². The summed E-state index contributed by atoms with van der Waals surface area (Å²) in [7, 11) is 1.64. The molecule has 1 aromatic carbocycles. The first-order chi connectivity index (χ1) is 8.35. The van der Waals surface area contributed by atoms with E-state index < -0.39 is 0 Å².